The first-order valence-corrected chi connectivity index (χ1v) is 9.15. The lowest BCUT2D eigenvalue weighted by Crippen LogP contribution is -2.12. The van der Waals surface area contributed by atoms with Crippen molar-refractivity contribution in [2.75, 3.05) is 5.32 Å². The molecule has 0 fully saturated rings. The molecule has 1 heterocycles. The predicted molar refractivity (Wildman–Crippen MR) is 104 cm³/mol. The third-order valence-corrected chi connectivity index (χ3v) is 5.32. The molecule has 0 bridgehead atoms. The van der Waals surface area contributed by atoms with Crippen molar-refractivity contribution in [3.63, 3.8) is 0 Å². The largest absolute Gasteiger partial charge is 0.298 e. The molecule has 0 aliphatic rings. The number of nitrogens with zero attached hydrogens (tertiary/aromatic N) is 1. The topological polar surface area (TPSA) is 42.0 Å². The zero-order valence-corrected chi connectivity index (χ0v) is 15.4. The van der Waals surface area contributed by atoms with Crippen molar-refractivity contribution in [3.8, 4) is 0 Å². The molecule has 0 unspecified atom stereocenters. The molecule has 24 heavy (non-hydrogen) atoms. The Bertz CT molecular complexity index is 1090. The number of halogens is 2. The number of anilines is 1. The first-order chi connectivity index (χ1) is 11.6. The van der Waals surface area contributed by atoms with Crippen LogP contribution in [-0.4, -0.2) is 10.9 Å². The monoisotopic (exact) mass is 416 g/mol. The van der Waals surface area contributed by atoms with Crippen LogP contribution in [0.15, 0.2) is 59.1 Å². The SMILES string of the molecule is O=C(Nc1nc2ccc(Cl)cc2s1)c1cccc2cc(Br)ccc12. The summed E-state index contributed by atoms with van der Waals surface area (Å²) in [5.41, 5.74) is 1.44. The quantitative estimate of drug-likeness (QED) is 0.427. The van der Waals surface area contributed by atoms with E-state index in [-0.39, 0.29) is 5.91 Å². The second-order valence-corrected chi connectivity index (χ2v) is 7.64. The van der Waals surface area contributed by atoms with Gasteiger partial charge in [-0.1, -0.05) is 57.1 Å². The summed E-state index contributed by atoms with van der Waals surface area (Å²) >= 11 is 10.9. The Morgan fingerprint density at radius 1 is 1.12 bits per heavy atom. The van der Waals surface area contributed by atoms with Crippen molar-refractivity contribution in [2.45, 2.75) is 0 Å². The van der Waals surface area contributed by atoms with Gasteiger partial charge in [-0.3, -0.25) is 10.1 Å². The molecular weight excluding hydrogens is 408 g/mol. The molecule has 0 atom stereocenters. The van der Waals surface area contributed by atoms with Gasteiger partial charge in [0.15, 0.2) is 5.13 Å². The standard InChI is InChI=1S/C18H10BrClN2OS/c19-11-4-6-13-10(8-11)2-1-3-14(13)17(23)22-18-21-15-7-5-12(20)9-16(15)24-18/h1-9H,(H,21,22,23). The molecule has 0 aliphatic heterocycles. The molecule has 0 saturated carbocycles. The van der Waals surface area contributed by atoms with E-state index in [1.807, 2.05) is 48.5 Å². The lowest BCUT2D eigenvalue weighted by Gasteiger charge is -2.06. The van der Waals surface area contributed by atoms with Crippen molar-refractivity contribution in [2.24, 2.45) is 0 Å². The number of nitrogens with one attached hydrogen (secondary N) is 1. The molecule has 6 heteroatoms. The van der Waals surface area contributed by atoms with E-state index < -0.39 is 0 Å². The van der Waals surface area contributed by atoms with Gasteiger partial charge >= 0.3 is 0 Å². The number of thiazole rings is 1. The van der Waals surface area contributed by atoms with Gasteiger partial charge in [-0.25, -0.2) is 4.98 Å². The molecular formula is C18H10BrClN2OS. The highest BCUT2D eigenvalue weighted by atomic mass is 79.9. The highest BCUT2D eigenvalue weighted by Crippen LogP contribution is 2.29. The molecule has 0 spiro atoms. The lowest BCUT2D eigenvalue weighted by molar-refractivity contribution is 0.102. The van der Waals surface area contributed by atoms with Gasteiger partial charge in [0, 0.05) is 15.1 Å². The van der Waals surface area contributed by atoms with Gasteiger partial charge in [0.2, 0.25) is 0 Å². The van der Waals surface area contributed by atoms with E-state index in [4.69, 9.17) is 11.6 Å². The van der Waals surface area contributed by atoms with Gasteiger partial charge in [0.25, 0.3) is 5.91 Å². The summed E-state index contributed by atoms with van der Waals surface area (Å²) in [4.78, 5) is 17.1. The Balaban J connectivity index is 1.70. The summed E-state index contributed by atoms with van der Waals surface area (Å²) in [6.45, 7) is 0. The van der Waals surface area contributed by atoms with Gasteiger partial charge in [-0.2, -0.15) is 0 Å². The molecule has 3 aromatic carbocycles. The Kier molecular flexibility index (Phi) is 4.00. The van der Waals surface area contributed by atoms with E-state index in [2.05, 4.69) is 26.2 Å². The first-order valence-electron chi connectivity index (χ1n) is 7.16. The number of aromatic nitrogens is 1. The summed E-state index contributed by atoms with van der Waals surface area (Å²) in [5.74, 6) is -0.173. The summed E-state index contributed by atoms with van der Waals surface area (Å²) in [5, 5.41) is 6.02. The highest BCUT2D eigenvalue weighted by molar-refractivity contribution is 9.10. The Labute approximate surface area is 155 Å². The van der Waals surface area contributed by atoms with Crippen LogP contribution in [0.4, 0.5) is 5.13 Å². The smallest absolute Gasteiger partial charge is 0.258 e. The number of hydrogen-bond acceptors (Lipinski definition) is 3. The van der Waals surface area contributed by atoms with E-state index in [0.29, 0.717) is 15.7 Å². The first kappa shape index (κ1) is 15.6. The number of rotatable bonds is 2. The number of fused-ring (bicyclic) bond motifs is 2. The second-order valence-electron chi connectivity index (χ2n) is 5.26. The summed E-state index contributed by atoms with van der Waals surface area (Å²) in [6, 6.07) is 17.0. The molecule has 4 aromatic rings. The van der Waals surface area contributed by atoms with Crippen molar-refractivity contribution in [1.29, 1.82) is 0 Å². The third-order valence-electron chi connectivity index (χ3n) is 3.66. The van der Waals surface area contributed by atoms with Crippen molar-refractivity contribution < 1.29 is 4.79 Å². The van der Waals surface area contributed by atoms with Crippen molar-refractivity contribution >= 4 is 70.9 Å². The number of carbonyl (C=O) groups is 1. The average Bonchev–Trinajstić information content (AvgIpc) is 2.95. The van der Waals surface area contributed by atoms with Gasteiger partial charge in [0.1, 0.15) is 0 Å². The van der Waals surface area contributed by atoms with E-state index in [9.17, 15) is 4.79 Å². The van der Waals surface area contributed by atoms with Crippen LogP contribution >= 0.6 is 38.9 Å². The predicted octanol–water partition coefficient (Wildman–Crippen LogP) is 6.12. The van der Waals surface area contributed by atoms with Gasteiger partial charge in [-0.15, -0.1) is 0 Å². The van der Waals surface area contributed by atoms with Crippen LogP contribution in [0.3, 0.4) is 0 Å². The van der Waals surface area contributed by atoms with Gasteiger partial charge < -0.3 is 0 Å². The van der Waals surface area contributed by atoms with Crippen LogP contribution in [0.25, 0.3) is 21.0 Å². The molecule has 4 rings (SSSR count). The Morgan fingerprint density at radius 2 is 2.00 bits per heavy atom. The minimum Gasteiger partial charge on any atom is -0.298 e. The van der Waals surface area contributed by atoms with Crippen LogP contribution in [0, 0.1) is 0 Å². The summed E-state index contributed by atoms with van der Waals surface area (Å²) in [6.07, 6.45) is 0. The summed E-state index contributed by atoms with van der Waals surface area (Å²) in [7, 11) is 0. The maximum Gasteiger partial charge on any atom is 0.258 e. The maximum atomic E-state index is 12.7. The fraction of sp³-hybridized carbons (Fsp3) is 0. The maximum absolute atomic E-state index is 12.7. The molecule has 3 nitrogen and oxygen atoms in total. The van der Waals surface area contributed by atoms with Crippen LogP contribution in [0.1, 0.15) is 10.4 Å². The lowest BCUT2D eigenvalue weighted by atomic mass is 10.0. The molecule has 1 N–H and O–H groups in total. The molecule has 1 aromatic heterocycles. The van der Waals surface area contributed by atoms with E-state index >= 15 is 0 Å². The van der Waals surface area contributed by atoms with Crippen LogP contribution in [0.2, 0.25) is 5.02 Å². The third kappa shape index (κ3) is 2.90. The number of benzene rings is 3. The Hall–Kier alpha value is -1.95. The fourth-order valence-corrected chi connectivity index (χ4v) is 4.08. The molecule has 118 valence electrons. The van der Waals surface area contributed by atoms with E-state index in [1.54, 1.807) is 6.07 Å². The van der Waals surface area contributed by atoms with Gasteiger partial charge in [0.05, 0.1) is 10.2 Å². The van der Waals surface area contributed by atoms with Crippen molar-refractivity contribution in [1.82, 2.24) is 4.98 Å². The molecule has 0 aliphatic carbocycles. The van der Waals surface area contributed by atoms with E-state index in [1.165, 1.54) is 11.3 Å². The minimum atomic E-state index is -0.173. The number of hydrogen-bond donors (Lipinski definition) is 1. The zero-order chi connectivity index (χ0) is 16.7. The molecule has 0 saturated heterocycles. The normalized spacial score (nSPS) is 11.1. The van der Waals surface area contributed by atoms with Gasteiger partial charge in [-0.05, 0) is 47.2 Å². The fourth-order valence-electron chi connectivity index (χ4n) is 2.57. The van der Waals surface area contributed by atoms with Crippen LogP contribution in [0.5, 0.6) is 0 Å². The van der Waals surface area contributed by atoms with E-state index in [0.717, 1.165) is 25.5 Å². The molecule has 1 amide bonds. The number of carbonyl (C=O) groups excluding carboxylic acids is 1. The molecule has 0 radical (unpaired) electrons. The summed E-state index contributed by atoms with van der Waals surface area (Å²) < 4.78 is 1.93. The zero-order valence-electron chi connectivity index (χ0n) is 12.2. The Morgan fingerprint density at radius 3 is 2.88 bits per heavy atom. The second kappa shape index (κ2) is 6.16. The number of amides is 1. The van der Waals surface area contributed by atoms with Crippen molar-refractivity contribution in [3.05, 3.63) is 69.7 Å². The highest BCUT2D eigenvalue weighted by Gasteiger charge is 2.13. The van der Waals surface area contributed by atoms with Crippen LogP contribution < -0.4 is 5.32 Å². The minimum absolute atomic E-state index is 0.173. The average molecular weight is 418 g/mol. The van der Waals surface area contributed by atoms with Crippen LogP contribution in [-0.2, 0) is 0 Å².